The maximum absolute atomic E-state index is 11.0. The van der Waals surface area contributed by atoms with Gasteiger partial charge in [0.15, 0.2) is 5.75 Å². The second-order valence-electron chi connectivity index (χ2n) is 4.24. The van der Waals surface area contributed by atoms with Gasteiger partial charge in [-0.3, -0.25) is 0 Å². The lowest BCUT2D eigenvalue weighted by Gasteiger charge is -2.16. The molecule has 4 N–H and O–H groups in total. The second-order valence-corrected chi connectivity index (χ2v) is 4.24. The third-order valence-corrected chi connectivity index (χ3v) is 2.92. The molecule has 1 aromatic carbocycles. The molecule has 1 aliphatic rings. The third kappa shape index (κ3) is 2.50. The number of aliphatic hydroxyl groups is 1. The minimum absolute atomic E-state index is 0.0615. The van der Waals surface area contributed by atoms with E-state index in [9.17, 15) is 9.90 Å². The summed E-state index contributed by atoms with van der Waals surface area (Å²) in [6, 6.07) is 4.64. The largest absolute Gasteiger partial charge is 0.487 e. The molecule has 5 nitrogen and oxygen atoms in total. The molecule has 17 heavy (non-hydrogen) atoms. The van der Waals surface area contributed by atoms with Gasteiger partial charge in [0.2, 0.25) is 0 Å². The van der Waals surface area contributed by atoms with Crippen LogP contribution in [-0.2, 0) is 0 Å². The first-order chi connectivity index (χ1) is 8.08. The maximum Gasteiger partial charge on any atom is 0.339 e. The Balaban J connectivity index is 2.22. The number of aliphatic hydroxyl groups excluding tert-OH is 1. The van der Waals surface area contributed by atoms with Crippen molar-refractivity contribution < 1.29 is 19.7 Å². The van der Waals surface area contributed by atoms with Gasteiger partial charge in [0.25, 0.3) is 0 Å². The fourth-order valence-corrected chi connectivity index (χ4v) is 2.05. The standard InChI is InChI=1S/C12H15NO4/c13-10-3-1-2-9(12(15)16)11(10)17-8-5-4-7(14)6-8/h1-3,7-8,14H,4-6,13H2,(H,15,16). The van der Waals surface area contributed by atoms with E-state index >= 15 is 0 Å². The summed E-state index contributed by atoms with van der Waals surface area (Å²) in [4.78, 5) is 11.0. The molecule has 1 saturated carbocycles. The number of nitrogens with two attached hydrogens (primary N) is 1. The Labute approximate surface area is 98.8 Å². The Morgan fingerprint density at radius 1 is 1.41 bits per heavy atom. The van der Waals surface area contributed by atoms with Crippen molar-refractivity contribution in [1.29, 1.82) is 0 Å². The van der Waals surface area contributed by atoms with E-state index in [4.69, 9.17) is 15.6 Å². The van der Waals surface area contributed by atoms with Crippen LogP contribution in [0.2, 0.25) is 0 Å². The molecule has 1 aliphatic carbocycles. The molecule has 0 aliphatic heterocycles. The predicted octanol–water partition coefficient (Wildman–Crippen LogP) is 1.26. The summed E-state index contributed by atoms with van der Waals surface area (Å²) in [5.41, 5.74) is 6.09. The zero-order chi connectivity index (χ0) is 12.4. The van der Waals surface area contributed by atoms with Gasteiger partial charge in [0.1, 0.15) is 11.7 Å². The van der Waals surface area contributed by atoms with Gasteiger partial charge in [0, 0.05) is 6.42 Å². The molecular weight excluding hydrogens is 222 g/mol. The van der Waals surface area contributed by atoms with Crippen LogP contribution in [0.4, 0.5) is 5.69 Å². The van der Waals surface area contributed by atoms with Gasteiger partial charge in [-0.15, -0.1) is 0 Å². The summed E-state index contributed by atoms with van der Waals surface area (Å²) in [5, 5.41) is 18.4. The Morgan fingerprint density at radius 2 is 2.18 bits per heavy atom. The average molecular weight is 237 g/mol. The Kier molecular flexibility index (Phi) is 3.19. The number of carboxylic acids is 1. The fraction of sp³-hybridized carbons (Fsp3) is 0.417. The zero-order valence-electron chi connectivity index (χ0n) is 9.30. The SMILES string of the molecule is Nc1cccc(C(=O)O)c1OC1CCC(O)C1. The molecule has 1 fully saturated rings. The van der Waals surface area contributed by atoms with Crippen molar-refractivity contribution in [2.24, 2.45) is 0 Å². The maximum atomic E-state index is 11.0. The van der Waals surface area contributed by atoms with Crippen molar-refractivity contribution in [1.82, 2.24) is 0 Å². The third-order valence-electron chi connectivity index (χ3n) is 2.92. The first-order valence-electron chi connectivity index (χ1n) is 5.54. The van der Waals surface area contributed by atoms with Gasteiger partial charge in [0.05, 0.1) is 11.8 Å². The Hall–Kier alpha value is -1.75. The van der Waals surface area contributed by atoms with Crippen LogP contribution in [0.15, 0.2) is 18.2 Å². The van der Waals surface area contributed by atoms with E-state index in [1.165, 1.54) is 6.07 Å². The molecule has 0 bridgehead atoms. The highest BCUT2D eigenvalue weighted by atomic mass is 16.5. The highest BCUT2D eigenvalue weighted by molar-refractivity contribution is 5.93. The first-order valence-corrected chi connectivity index (χ1v) is 5.54. The van der Waals surface area contributed by atoms with Crippen molar-refractivity contribution in [2.45, 2.75) is 31.5 Å². The molecule has 5 heteroatoms. The molecule has 2 rings (SSSR count). The van der Waals surface area contributed by atoms with Crippen molar-refractivity contribution in [3.05, 3.63) is 23.8 Å². The predicted molar refractivity (Wildman–Crippen MR) is 62.1 cm³/mol. The van der Waals surface area contributed by atoms with Crippen molar-refractivity contribution in [2.75, 3.05) is 5.73 Å². The van der Waals surface area contributed by atoms with Gasteiger partial charge in [-0.1, -0.05) is 6.07 Å². The number of carboxylic acid groups (broad SMARTS) is 1. The minimum atomic E-state index is -1.06. The van der Waals surface area contributed by atoms with Gasteiger partial charge >= 0.3 is 5.97 Å². The molecule has 0 amide bonds. The van der Waals surface area contributed by atoms with Crippen molar-refractivity contribution in [3.63, 3.8) is 0 Å². The lowest BCUT2D eigenvalue weighted by molar-refractivity contribution is 0.0689. The summed E-state index contributed by atoms with van der Waals surface area (Å²) in [6.45, 7) is 0. The van der Waals surface area contributed by atoms with Crippen LogP contribution in [0.5, 0.6) is 5.75 Å². The van der Waals surface area contributed by atoms with E-state index in [1.54, 1.807) is 12.1 Å². The number of hydrogen-bond donors (Lipinski definition) is 3. The van der Waals surface area contributed by atoms with E-state index < -0.39 is 5.97 Å². The smallest absolute Gasteiger partial charge is 0.339 e. The van der Waals surface area contributed by atoms with Gasteiger partial charge in [-0.05, 0) is 25.0 Å². The minimum Gasteiger partial charge on any atom is -0.487 e. The lowest BCUT2D eigenvalue weighted by atomic mass is 10.1. The van der Waals surface area contributed by atoms with Gasteiger partial charge in [-0.25, -0.2) is 4.79 Å². The summed E-state index contributed by atoms with van der Waals surface area (Å²) in [6.07, 6.45) is 1.40. The van der Waals surface area contributed by atoms with Crippen LogP contribution >= 0.6 is 0 Å². The number of para-hydroxylation sites is 1. The van der Waals surface area contributed by atoms with E-state index in [0.717, 1.165) is 0 Å². The molecule has 92 valence electrons. The van der Waals surface area contributed by atoms with Crippen LogP contribution < -0.4 is 10.5 Å². The van der Waals surface area contributed by atoms with Crippen LogP contribution in [0.1, 0.15) is 29.6 Å². The zero-order valence-corrected chi connectivity index (χ0v) is 9.30. The lowest BCUT2D eigenvalue weighted by Crippen LogP contribution is -2.16. The first kappa shape index (κ1) is 11.7. The van der Waals surface area contributed by atoms with Crippen LogP contribution in [0.3, 0.4) is 0 Å². The van der Waals surface area contributed by atoms with Crippen molar-refractivity contribution >= 4 is 11.7 Å². The summed E-state index contributed by atoms with van der Waals surface area (Å²) in [7, 11) is 0. The number of benzene rings is 1. The number of nitrogen functional groups attached to an aromatic ring is 1. The van der Waals surface area contributed by atoms with E-state index in [2.05, 4.69) is 0 Å². The Bertz CT molecular complexity index is 433. The molecule has 0 heterocycles. The monoisotopic (exact) mass is 237 g/mol. The average Bonchev–Trinajstić information content (AvgIpc) is 2.67. The molecule has 0 saturated heterocycles. The topological polar surface area (TPSA) is 92.8 Å². The molecule has 0 spiro atoms. The van der Waals surface area contributed by atoms with E-state index in [-0.39, 0.29) is 23.5 Å². The molecule has 1 aromatic rings. The highest BCUT2D eigenvalue weighted by Crippen LogP contribution is 2.31. The highest BCUT2D eigenvalue weighted by Gasteiger charge is 2.26. The van der Waals surface area contributed by atoms with Gasteiger partial charge < -0.3 is 20.7 Å². The summed E-state index contributed by atoms with van der Waals surface area (Å²) < 4.78 is 5.60. The number of anilines is 1. The summed E-state index contributed by atoms with van der Waals surface area (Å²) >= 11 is 0. The molecule has 2 atom stereocenters. The van der Waals surface area contributed by atoms with Crippen LogP contribution in [0.25, 0.3) is 0 Å². The number of aromatic carboxylic acids is 1. The second kappa shape index (κ2) is 4.63. The normalized spacial score (nSPS) is 23.6. The van der Waals surface area contributed by atoms with E-state index in [0.29, 0.717) is 24.9 Å². The van der Waals surface area contributed by atoms with E-state index in [1.807, 2.05) is 0 Å². The van der Waals surface area contributed by atoms with Crippen LogP contribution in [0, 0.1) is 0 Å². The summed E-state index contributed by atoms with van der Waals surface area (Å²) in [5.74, 6) is -0.857. The van der Waals surface area contributed by atoms with Crippen molar-refractivity contribution in [3.8, 4) is 5.75 Å². The number of carbonyl (C=O) groups is 1. The molecule has 0 radical (unpaired) electrons. The molecule has 2 unspecified atom stereocenters. The molecular formula is C12H15NO4. The number of rotatable bonds is 3. The van der Waals surface area contributed by atoms with Gasteiger partial charge in [-0.2, -0.15) is 0 Å². The fourth-order valence-electron chi connectivity index (χ4n) is 2.05. The van der Waals surface area contributed by atoms with Crippen LogP contribution in [-0.4, -0.2) is 28.4 Å². The quantitative estimate of drug-likeness (QED) is 0.688. The Morgan fingerprint density at radius 3 is 2.76 bits per heavy atom. The molecule has 0 aromatic heterocycles. The number of hydrogen-bond acceptors (Lipinski definition) is 4. The number of ether oxygens (including phenoxy) is 1.